The highest BCUT2D eigenvalue weighted by Gasteiger charge is 2.50. The summed E-state index contributed by atoms with van der Waals surface area (Å²) < 4.78 is 5.13. The monoisotopic (exact) mass is 359 g/mol. The number of hydrogen-bond donors (Lipinski definition) is 1. The largest absolute Gasteiger partial charge is 0.497 e. The molecule has 1 aliphatic heterocycles. The van der Waals surface area contributed by atoms with Crippen LogP contribution in [0.3, 0.4) is 0 Å². The molecule has 26 heavy (non-hydrogen) atoms. The maximum absolute atomic E-state index is 13.1. The van der Waals surface area contributed by atoms with Crippen LogP contribution in [0.5, 0.6) is 5.75 Å². The molecule has 1 aromatic rings. The Morgan fingerprint density at radius 2 is 1.77 bits per heavy atom. The summed E-state index contributed by atoms with van der Waals surface area (Å²) in [5.74, 6) is 0.251. The summed E-state index contributed by atoms with van der Waals surface area (Å²) in [6.45, 7) is 3.65. The summed E-state index contributed by atoms with van der Waals surface area (Å²) in [6.07, 6.45) is 4.53. The van der Waals surface area contributed by atoms with E-state index in [4.69, 9.17) is 4.74 Å². The van der Waals surface area contributed by atoms with Crippen LogP contribution in [0.2, 0.25) is 0 Å². The first-order chi connectivity index (χ1) is 12.5. The fourth-order valence-electron chi connectivity index (χ4n) is 4.20. The van der Waals surface area contributed by atoms with Gasteiger partial charge in [-0.3, -0.25) is 9.59 Å². The molecule has 1 heterocycles. The molecule has 1 aliphatic carbocycles. The molecule has 1 N–H and O–H groups in total. The number of ketones is 1. The number of hydrogen-bond acceptors (Lipinski definition) is 4. The summed E-state index contributed by atoms with van der Waals surface area (Å²) >= 11 is 0. The second-order valence-corrected chi connectivity index (χ2v) is 7.79. The molecule has 5 heteroatoms. The number of benzene rings is 1. The molecular weight excluding hydrogens is 330 g/mol. The Hall–Kier alpha value is -1.88. The third-order valence-electron chi connectivity index (χ3n) is 6.02. The van der Waals surface area contributed by atoms with Crippen molar-refractivity contribution < 1.29 is 19.4 Å². The number of carbonyl (C=O) groups excluding carboxylic acids is 2. The van der Waals surface area contributed by atoms with Gasteiger partial charge in [0.2, 0.25) is 5.91 Å². The van der Waals surface area contributed by atoms with Gasteiger partial charge in [-0.05, 0) is 55.9 Å². The molecule has 3 rings (SSSR count). The van der Waals surface area contributed by atoms with Gasteiger partial charge < -0.3 is 14.7 Å². The molecule has 0 aromatic heterocycles. The average Bonchev–Trinajstić information content (AvgIpc) is 2.68. The number of likely N-dealkylation sites (tertiary alicyclic amines) is 1. The molecule has 2 atom stereocenters. The van der Waals surface area contributed by atoms with Crippen LogP contribution >= 0.6 is 0 Å². The van der Waals surface area contributed by atoms with E-state index in [9.17, 15) is 14.7 Å². The van der Waals surface area contributed by atoms with Crippen molar-refractivity contribution in [1.82, 2.24) is 4.90 Å². The summed E-state index contributed by atoms with van der Waals surface area (Å²) in [5, 5.41) is 11.3. The van der Waals surface area contributed by atoms with Crippen molar-refractivity contribution in [3.63, 3.8) is 0 Å². The zero-order valence-electron chi connectivity index (χ0n) is 15.7. The second kappa shape index (κ2) is 7.78. The first-order valence-corrected chi connectivity index (χ1v) is 9.65. The highest BCUT2D eigenvalue weighted by molar-refractivity contribution is 6.05. The zero-order chi connectivity index (χ0) is 18.7. The van der Waals surface area contributed by atoms with Crippen molar-refractivity contribution in [3.05, 3.63) is 29.8 Å². The van der Waals surface area contributed by atoms with E-state index in [2.05, 4.69) is 6.92 Å². The molecule has 0 bridgehead atoms. The number of methoxy groups -OCH3 is 1. The first-order valence-electron chi connectivity index (χ1n) is 9.65. The van der Waals surface area contributed by atoms with Gasteiger partial charge >= 0.3 is 0 Å². The number of amides is 1. The molecule has 1 saturated heterocycles. The highest BCUT2D eigenvalue weighted by atomic mass is 16.5. The van der Waals surface area contributed by atoms with Crippen molar-refractivity contribution in [2.45, 2.75) is 51.0 Å². The zero-order valence-corrected chi connectivity index (χ0v) is 15.7. The van der Waals surface area contributed by atoms with Crippen LogP contribution < -0.4 is 4.74 Å². The summed E-state index contributed by atoms with van der Waals surface area (Å²) in [5.41, 5.74) is -1.17. The average molecular weight is 359 g/mol. The van der Waals surface area contributed by atoms with Crippen molar-refractivity contribution in [2.24, 2.45) is 11.8 Å². The van der Waals surface area contributed by atoms with E-state index >= 15 is 0 Å². The van der Waals surface area contributed by atoms with Crippen LogP contribution in [0, 0.1) is 11.8 Å². The Labute approximate surface area is 155 Å². The number of ether oxygens (including phenoxy) is 1. The lowest BCUT2D eigenvalue weighted by atomic mass is 9.70. The molecule has 2 aliphatic rings. The lowest BCUT2D eigenvalue weighted by molar-refractivity contribution is -0.146. The topological polar surface area (TPSA) is 66.8 Å². The van der Waals surface area contributed by atoms with E-state index in [0.29, 0.717) is 30.1 Å². The van der Waals surface area contributed by atoms with Gasteiger partial charge in [0.25, 0.3) is 0 Å². The van der Waals surface area contributed by atoms with E-state index < -0.39 is 11.5 Å². The fourth-order valence-corrected chi connectivity index (χ4v) is 4.20. The van der Waals surface area contributed by atoms with Crippen molar-refractivity contribution in [2.75, 3.05) is 20.2 Å². The van der Waals surface area contributed by atoms with Crippen molar-refractivity contribution >= 4 is 11.7 Å². The minimum absolute atomic E-state index is 0.0547. The van der Waals surface area contributed by atoms with Gasteiger partial charge in [0.1, 0.15) is 11.4 Å². The van der Waals surface area contributed by atoms with Gasteiger partial charge in [-0.1, -0.05) is 19.8 Å². The highest BCUT2D eigenvalue weighted by Crippen LogP contribution is 2.38. The minimum atomic E-state index is -1.60. The number of piperidine rings is 1. The molecule has 1 aromatic carbocycles. The Balaban J connectivity index is 1.81. The molecular formula is C21H29NO4. The molecule has 1 saturated carbocycles. The van der Waals surface area contributed by atoms with E-state index in [1.54, 1.807) is 31.4 Å². The molecule has 1 amide bonds. The minimum Gasteiger partial charge on any atom is -0.497 e. The van der Waals surface area contributed by atoms with Crippen LogP contribution in [0.15, 0.2) is 24.3 Å². The standard InChI is InChI=1S/C21H29NO4/c1-15-10-13-22(14-11-15)20(24)18-5-3-4-12-21(18,25)19(23)16-6-8-17(26-2)9-7-16/h6-9,15,18,25H,3-5,10-14H2,1-2H3. The Morgan fingerprint density at radius 1 is 1.12 bits per heavy atom. The Kier molecular flexibility index (Phi) is 5.66. The van der Waals surface area contributed by atoms with Gasteiger partial charge in [0.15, 0.2) is 5.78 Å². The number of Topliss-reactive ketones (excluding diaryl/α,β-unsaturated/α-hetero) is 1. The van der Waals surface area contributed by atoms with Crippen LogP contribution in [0.1, 0.15) is 55.8 Å². The Morgan fingerprint density at radius 3 is 2.38 bits per heavy atom. The smallest absolute Gasteiger partial charge is 0.229 e. The quantitative estimate of drug-likeness (QED) is 0.839. The number of nitrogens with zero attached hydrogens (tertiary/aromatic N) is 1. The van der Waals surface area contributed by atoms with Crippen molar-refractivity contribution in [1.29, 1.82) is 0 Å². The van der Waals surface area contributed by atoms with Gasteiger partial charge in [-0.25, -0.2) is 0 Å². The predicted molar refractivity (Wildman–Crippen MR) is 99.2 cm³/mol. The Bertz CT molecular complexity index is 648. The van der Waals surface area contributed by atoms with Crippen LogP contribution in [0.25, 0.3) is 0 Å². The van der Waals surface area contributed by atoms with E-state index in [-0.39, 0.29) is 11.7 Å². The summed E-state index contributed by atoms with van der Waals surface area (Å²) in [6, 6.07) is 6.75. The SMILES string of the molecule is COc1ccc(C(=O)C2(O)CCCCC2C(=O)N2CCC(C)CC2)cc1. The number of carbonyl (C=O) groups is 2. The van der Waals surface area contributed by atoms with Gasteiger partial charge in [0.05, 0.1) is 13.0 Å². The van der Waals surface area contributed by atoms with Gasteiger partial charge in [0, 0.05) is 18.7 Å². The molecule has 0 radical (unpaired) electrons. The van der Waals surface area contributed by atoms with E-state index in [0.717, 1.165) is 38.8 Å². The maximum atomic E-state index is 13.1. The molecule has 2 unspecified atom stereocenters. The summed E-state index contributed by atoms with van der Waals surface area (Å²) in [4.78, 5) is 28.1. The maximum Gasteiger partial charge on any atom is 0.229 e. The van der Waals surface area contributed by atoms with Gasteiger partial charge in [-0.2, -0.15) is 0 Å². The molecule has 142 valence electrons. The molecule has 2 fully saturated rings. The molecule has 0 spiro atoms. The lowest BCUT2D eigenvalue weighted by Crippen LogP contribution is -2.55. The van der Waals surface area contributed by atoms with Gasteiger partial charge in [-0.15, -0.1) is 0 Å². The van der Waals surface area contributed by atoms with Crippen LogP contribution in [0.4, 0.5) is 0 Å². The second-order valence-electron chi connectivity index (χ2n) is 7.79. The third-order valence-corrected chi connectivity index (χ3v) is 6.02. The van der Waals surface area contributed by atoms with Crippen molar-refractivity contribution in [3.8, 4) is 5.75 Å². The molecule has 5 nitrogen and oxygen atoms in total. The number of aliphatic hydroxyl groups is 1. The van der Waals surface area contributed by atoms with Crippen LogP contribution in [-0.2, 0) is 4.79 Å². The first kappa shape index (κ1) is 18.9. The van der Waals surface area contributed by atoms with E-state index in [1.807, 2.05) is 4.90 Å². The lowest BCUT2D eigenvalue weighted by Gasteiger charge is -2.41. The third kappa shape index (κ3) is 3.63. The van der Waals surface area contributed by atoms with E-state index in [1.165, 1.54) is 0 Å². The number of rotatable bonds is 4. The normalized spacial score (nSPS) is 27.2. The fraction of sp³-hybridized carbons (Fsp3) is 0.619. The van der Waals surface area contributed by atoms with Crippen LogP contribution in [-0.4, -0.2) is 47.5 Å². The predicted octanol–water partition coefficient (Wildman–Crippen LogP) is 3.06. The summed E-state index contributed by atoms with van der Waals surface area (Å²) in [7, 11) is 1.57.